The molecule has 0 aromatic heterocycles. The highest BCUT2D eigenvalue weighted by Crippen LogP contribution is 2.48. The average molecular weight is 236 g/mol. The second-order valence-electron chi connectivity index (χ2n) is 5.70. The summed E-state index contributed by atoms with van der Waals surface area (Å²) in [7, 11) is 0. The molecule has 2 amide bonds. The molecule has 94 valence electrons. The van der Waals surface area contributed by atoms with E-state index in [2.05, 4.69) is 0 Å². The molecule has 1 heterocycles. The van der Waals surface area contributed by atoms with Crippen LogP contribution in [-0.4, -0.2) is 29.3 Å². The van der Waals surface area contributed by atoms with E-state index in [4.69, 9.17) is 5.73 Å². The summed E-state index contributed by atoms with van der Waals surface area (Å²) in [5.41, 5.74) is 5.82. The van der Waals surface area contributed by atoms with Gasteiger partial charge in [0.2, 0.25) is 11.8 Å². The Morgan fingerprint density at radius 1 is 1.12 bits per heavy atom. The lowest BCUT2D eigenvalue weighted by molar-refractivity contribution is -0.145. The highest BCUT2D eigenvalue weighted by Gasteiger charge is 2.60. The zero-order valence-corrected chi connectivity index (χ0v) is 10.1. The molecule has 2 N–H and O–H groups in total. The van der Waals surface area contributed by atoms with Crippen molar-refractivity contribution < 1.29 is 9.59 Å². The molecule has 3 aliphatic rings. The van der Waals surface area contributed by atoms with Crippen LogP contribution in [0.3, 0.4) is 0 Å². The maximum absolute atomic E-state index is 12.0. The number of amides is 2. The summed E-state index contributed by atoms with van der Waals surface area (Å²) in [6.45, 7) is 0.432. The van der Waals surface area contributed by atoms with Gasteiger partial charge in [-0.05, 0) is 25.2 Å². The lowest BCUT2D eigenvalue weighted by Gasteiger charge is -2.35. The number of rotatable bonds is 3. The van der Waals surface area contributed by atoms with Gasteiger partial charge < -0.3 is 5.73 Å². The monoisotopic (exact) mass is 236 g/mol. The van der Waals surface area contributed by atoms with E-state index < -0.39 is 0 Å². The third-order valence-electron chi connectivity index (χ3n) is 4.67. The van der Waals surface area contributed by atoms with E-state index in [-0.39, 0.29) is 29.7 Å². The molecule has 3 fully saturated rings. The van der Waals surface area contributed by atoms with Crippen LogP contribution < -0.4 is 5.73 Å². The van der Waals surface area contributed by atoms with Gasteiger partial charge in [-0.2, -0.15) is 0 Å². The first-order valence-electron chi connectivity index (χ1n) is 6.81. The molecular formula is C13H20N2O2. The normalized spacial score (nSPS) is 35.0. The number of nitrogens with two attached hydrogens (primary N) is 1. The maximum Gasteiger partial charge on any atom is 0.233 e. The van der Waals surface area contributed by atoms with E-state index in [1.807, 2.05) is 0 Å². The number of piperidine rings is 1. The summed E-state index contributed by atoms with van der Waals surface area (Å²) < 4.78 is 0. The molecule has 0 spiro atoms. The Balaban J connectivity index is 1.76. The lowest BCUT2D eigenvalue weighted by atomic mass is 9.83. The van der Waals surface area contributed by atoms with Crippen molar-refractivity contribution in [2.24, 2.45) is 23.5 Å². The van der Waals surface area contributed by atoms with Crippen LogP contribution in [0.1, 0.15) is 38.5 Å². The Bertz CT molecular complexity index is 329. The molecule has 3 unspecified atom stereocenters. The zero-order chi connectivity index (χ0) is 12.0. The molecule has 4 heteroatoms. The SMILES string of the molecule is NCC(C1CCCCC1)N1C(=O)C2CC2C1=O. The largest absolute Gasteiger partial charge is 0.328 e. The van der Waals surface area contributed by atoms with Crippen LogP contribution in [0, 0.1) is 17.8 Å². The van der Waals surface area contributed by atoms with E-state index in [0.29, 0.717) is 12.5 Å². The number of carbonyl (C=O) groups excluding carboxylic acids is 2. The molecule has 2 saturated carbocycles. The number of carbonyl (C=O) groups is 2. The molecule has 4 nitrogen and oxygen atoms in total. The molecule has 2 aliphatic carbocycles. The quantitative estimate of drug-likeness (QED) is 0.740. The Labute approximate surface area is 102 Å². The predicted octanol–water partition coefficient (Wildman–Crippen LogP) is 0.899. The topological polar surface area (TPSA) is 63.4 Å². The number of imide groups is 1. The van der Waals surface area contributed by atoms with Gasteiger partial charge in [0.1, 0.15) is 0 Å². The van der Waals surface area contributed by atoms with Gasteiger partial charge in [0.05, 0.1) is 17.9 Å². The Morgan fingerprint density at radius 2 is 1.71 bits per heavy atom. The maximum atomic E-state index is 12.0. The second kappa shape index (κ2) is 4.09. The van der Waals surface area contributed by atoms with Crippen molar-refractivity contribution >= 4 is 11.8 Å². The van der Waals surface area contributed by atoms with Crippen molar-refractivity contribution in [3.05, 3.63) is 0 Å². The third kappa shape index (κ3) is 1.69. The van der Waals surface area contributed by atoms with Crippen LogP contribution in [0.5, 0.6) is 0 Å². The minimum atomic E-state index is -0.0249. The Morgan fingerprint density at radius 3 is 2.24 bits per heavy atom. The Hall–Kier alpha value is -0.900. The number of fused-ring (bicyclic) bond motifs is 1. The Kier molecular flexibility index (Phi) is 2.69. The zero-order valence-electron chi connectivity index (χ0n) is 10.1. The summed E-state index contributed by atoms with van der Waals surface area (Å²) >= 11 is 0. The van der Waals surface area contributed by atoms with Gasteiger partial charge in [-0.3, -0.25) is 14.5 Å². The van der Waals surface area contributed by atoms with Crippen molar-refractivity contribution in [3.63, 3.8) is 0 Å². The molecule has 0 radical (unpaired) electrons. The van der Waals surface area contributed by atoms with Gasteiger partial charge in [0.15, 0.2) is 0 Å². The van der Waals surface area contributed by atoms with E-state index >= 15 is 0 Å². The molecule has 0 bridgehead atoms. The highest BCUT2D eigenvalue weighted by atomic mass is 16.2. The molecular weight excluding hydrogens is 216 g/mol. The van der Waals surface area contributed by atoms with Gasteiger partial charge in [0.25, 0.3) is 0 Å². The summed E-state index contributed by atoms with van der Waals surface area (Å²) in [6.07, 6.45) is 6.73. The van der Waals surface area contributed by atoms with Crippen LogP contribution in [0.2, 0.25) is 0 Å². The second-order valence-corrected chi connectivity index (χ2v) is 5.70. The van der Waals surface area contributed by atoms with E-state index in [9.17, 15) is 9.59 Å². The summed E-state index contributed by atoms with van der Waals surface area (Å²) in [4.78, 5) is 25.6. The first-order valence-corrected chi connectivity index (χ1v) is 6.81. The van der Waals surface area contributed by atoms with Gasteiger partial charge in [-0.25, -0.2) is 0 Å². The standard InChI is InChI=1S/C13H20N2O2/c14-7-11(8-4-2-1-3-5-8)15-12(16)9-6-10(9)13(15)17/h8-11H,1-7,14H2. The van der Waals surface area contributed by atoms with Crippen molar-refractivity contribution in [2.75, 3.05) is 6.54 Å². The van der Waals surface area contributed by atoms with Crippen molar-refractivity contribution in [1.29, 1.82) is 0 Å². The van der Waals surface area contributed by atoms with Crippen LogP contribution in [0.25, 0.3) is 0 Å². The summed E-state index contributed by atoms with van der Waals surface area (Å²) in [5.74, 6) is 0.585. The third-order valence-corrected chi connectivity index (χ3v) is 4.67. The average Bonchev–Trinajstić information content (AvgIpc) is 3.11. The molecule has 3 rings (SSSR count). The van der Waals surface area contributed by atoms with Crippen molar-refractivity contribution in [3.8, 4) is 0 Å². The fraction of sp³-hybridized carbons (Fsp3) is 0.846. The van der Waals surface area contributed by atoms with E-state index in [1.54, 1.807) is 0 Å². The number of likely N-dealkylation sites (tertiary alicyclic amines) is 1. The van der Waals surface area contributed by atoms with Crippen LogP contribution >= 0.6 is 0 Å². The molecule has 1 saturated heterocycles. The minimum absolute atomic E-state index is 0.0140. The van der Waals surface area contributed by atoms with Gasteiger partial charge in [-0.1, -0.05) is 19.3 Å². The van der Waals surface area contributed by atoms with Gasteiger partial charge in [-0.15, -0.1) is 0 Å². The van der Waals surface area contributed by atoms with E-state index in [1.165, 1.54) is 24.2 Å². The van der Waals surface area contributed by atoms with Gasteiger partial charge in [0, 0.05) is 6.54 Å². The minimum Gasteiger partial charge on any atom is -0.328 e. The number of hydrogen-bond donors (Lipinski definition) is 1. The van der Waals surface area contributed by atoms with E-state index in [0.717, 1.165) is 19.3 Å². The lowest BCUT2D eigenvalue weighted by Crippen LogP contribution is -2.50. The fourth-order valence-corrected chi connectivity index (χ4v) is 3.56. The highest BCUT2D eigenvalue weighted by molar-refractivity contribution is 6.09. The van der Waals surface area contributed by atoms with Crippen molar-refractivity contribution in [2.45, 2.75) is 44.6 Å². The summed E-state index contributed by atoms with van der Waals surface area (Å²) in [6, 6.07) is -0.0249. The molecule has 0 aromatic carbocycles. The predicted molar refractivity (Wildman–Crippen MR) is 62.9 cm³/mol. The molecule has 0 aromatic rings. The van der Waals surface area contributed by atoms with Crippen molar-refractivity contribution in [1.82, 2.24) is 4.90 Å². The van der Waals surface area contributed by atoms with Crippen LogP contribution in [0.15, 0.2) is 0 Å². The summed E-state index contributed by atoms with van der Waals surface area (Å²) in [5, 5.41) is 0. The molecule has 3 atom stereocenters. The number of hydrogen-bond acceptors (Lipinski definition) is 3. The van der Waals surface area contributed by atoms with Crippen LogP contribution in [-0.2, 0) is 9.59 Å². The smallest absolute Gasteiger partial charge is 0.233 e. The fourth-order valence-electron chi connectivity index (χ4n) is 3.56. The molecule has 17 heavy (non-hydrogen) atoms. The first kappa shape index (κ1) is 11.2. The van der Waals surface area contributed by atoms with Crippen LogP contribution in [0.4, 0.5) is 0 Å². The van der Waals surface area contributed by atoms with Gasteiger partial charge >= 0.3 is 0 Å². The number of nitrogens with zero attached hydrogens (tertiary/aromatic N) is 1. The molecule has 1 aliphatic heterocycles. The first-order chi connectivity index (χ1) is 8.24.